The third-order valence-electron chi connectivity index (χ3n) is 4.72. The first-order chi connectivity index (χ1) is 9.68. The van der Waals surface area contributed by atoms with Crippen molar-refractivity contribution in [3.05, 3.63) is 24.3 Å². The molecule has 2 aromatic heterocycles. The lowest BCUT2D eigenvalue weighted by atomic mass is 9.75. The first-order valence-corrected chi connectivity index (χ1v) is 7.71. The fourth-order valence-electron chi connectivity index (χ4n) is 3.49. The highest BCUT2D eigenvalue weighted by molar-refractivity contribution is 5.75. The number of imidazole rings is 1. The van der Waals surface area contributed by atoms with Crippen molar-refractivity contribution in [2.75, 3.05) is 13.1 Å². The number of nitrogens with zero attached hydrogens (tertiary/aromatic N) is 3. The van der Waals surface area contributed by atoms with Crippen molar-refractivity contribution < 1.29 is 0 Å². The minimum Gasteiger partial charge on any atom is -0.325 e. The van der Waals surface area contributed by atoms with Gasteiger partial charge in [0.2, 0.25) is 0 Å². The van der Waals surface area contributed by atoms with E-state index in [4.69, 9.17) is 4.98 Å². The van der Waals surface area contributed by atoms with Gasteiger partial charge in [0.1, 0.15) is 11.3 Å². The van der Waals surface area contributed by atoms with Gasteiger partial charge < -0.3 is 9.88 Å². The Morgan fingerprint density at radius 3 is 2.75 bits per heavy atom. The fourth-order valence-corrected chi connectivity index (χ4v) is 3.49. The topological polar surface area (TPSA) is 42.7 Å². The Bertz CT molecular complexity index is 594. The zero-order chi connectivity index (χ0) is 14.2. The first kappa shape index (κ1) is 13.6. The molecular weight excluding hydrogens is 248 g/mol. The van der Waals surface area contributed by atoms with Crippen LogP contribution in [0.25, 0.3) is 11.0 Å². The molecule has 0 atom stereocenters. The van der Waals surface area contributed by atoms with Crippen LogP contribution >= 0.6 is 0 Å². The van der Waals surface area contributed by atoms with Gasteiger partial charge in [0.15, 0.2) is 0 Å². The average molecular weight is 272 g/mol. The van der Waals surface area contributed by atoms with E-state index in [0.717, 1.165) is 25.0 Å². The summed E-state index contributed by atoms with van der Waals surface area (Å²) in [4.78, 5) is 9.21. The van der Waals surface area contributed by atoms with Crippen molar-refractivity contribution in [3.8, 4) is 0 Å². The van der Waals surface area contributed by atoms with E-state index in [-0.39, 0.29) is 5.41 Å². The highest BCUT2D eigenvalue weighted by Gasteiger charge is 2.37. The van der Waals surface area contributed by atoms with E-state index >= 15 is 0 Å². The summed E-state index contributed by atoms with van der Waals surface area (Å²) in [5, 5.41) is 3.48. The molecular formula is C16H24N4. The molecule has 0 unspecified atom stereocenters. The Labute approximate surface area is 120 Å². The van der Waals surface area contributed by atoms with Gasteiger partial charge in [0, 0.05) is 17.7 Å². The molecule has 4 heteroatoms. The van der Waals surface area contributed by atoms with Crippen LogP contribution in [-0.2, 0) is 5.41 Å². The predicted molar refractivity (Wildman–Crippen MR) is 82.0 cm³/mol. The Balaban J connectivity index is 2.21. The number of rotatable bonds is 3. The number of piperidine rings is 1. The van der Waals surface area contributed by atoms with Crippen LogP contribution in [0.3, 0.4) is 0 Å². The van der Waals surface area contributed by atoms with Gasteiger partial charge in [0.05, 0.1) is 11.7 Å². The summed E-state index contributed by atoms with van der Waals surface area (Å²) in [6, 6.07) is 2.52. The van der Waals surface area contributed by atoms with E-state index in [9.17, 15) is 0 Å². The van der Waals surface area contributed by atoms with Gasteiger partial charge >= 0.3 is 0 Å². The fraction of sp³-hybridized carbons (Fsp3) is 0.625. The van der Waals surface area contributed by atoms with E-state index in [0.29, 0.717) is 6.04 Å². The molecule has 1 saturated heterocycles. The third-order valence-corrected chi connectivity index (χ3v) is 4.72. The second-order valence-corrected chi connectivity index (χ2v) is 6.15. The largest absolute Gasteiger partial charge is 0.325 e. The van der Waals surface area contributed by atoms with Crippen LogP contribution in [0.4, 0.5) is 0 Å². The molecule has 4 nitrogen and oxygen atoms in total. The lowest BCUT2D eigenvalue weighted by Gasteiger charge is -2.37. The third kappa shape index (κ3) is 2.03. The van der Waals surface area contributed by atoms with E-state index in [2.05, 4.69) is 41.7 Å². The molecule has 0 aliphatic carbocycles. The number of nitrogens with one attached hydrogen (secondary N) is 1. The summed E-state index contributed by atoms with van der Waals surface area (Å²) in [6.07, 6.45) is 7.26. The van der Waals surface area contributed by atoms with Gasteiger partial charge in [-0.05, 0) is 52.3 Å². The van der Waals surface area contributed by atoms with Gasteiger partial charge in [-0.1, -0.05) is 6.92 Å². The van der Waals surface area contributed by atoms with Crippen LogP contribution in [-0.4, -0.2) is 27.6 Å². The van der Waals surface area contributed by atoms with Crippen molar-refractivity contribution in [2.24, 2.45) is 0 Å². The highest BCUT2D eigenvalue weighted by Crippen LogP contribution is 2.38. The minimum absolute atomic E-state index is 0.217. The molecule has 0 bridgehead atoms. The number of pyridine rings is 1. The second-order valence-electron chi connectivity index (χ2n) is 6.15. The molecule has 1 aliphatic rings. The van der Waals surface area contributed by atoms with E-state index in [1.807, 2.05) is 12.4 Å². The summed E-state index contributed by atoms with van der Waals surface area (Å²) in [5.41, 5.74) is 2.47. The van der Waals surface area contributed by atoms with Gasteiger partial charge in [-0.2, -0.15) is 0 Å². The SMILES string of the molecule is CCC1(c2nc3cnccc3n2C(C)C)CCNCC1. The molecule has 20 heavy (non-hydrogen) atoms. The number of aromatic nitrogens is 3. The Kier molecular flexibility index (Phi) is 3.50. The molecule has 3 heterocycles. The summed E-state index contributed by atoms with van der Waals surface area (Å²) < 4.78 is 2.42. The average Bonchev–Trinajstić information content (AvgIpc) is 2.88. The Hall–Kier alpha value is -1.42. The number of hydrogen-bond donors (Lipinski definition) is 1. The maximum atomic E-state index is 4.97. The first-order valence-electron chi connectivity index (χ1n) is 7.71. The smallest absolute Gasteiger partial charge is 0.116 e. The van der Waals surface area contributed by atoms with Crippen molar-refractivity contribution in [2.45, 2.75) is 51.5 Å². The van der Waals surface area contributed by atoms with Gasteiger partial charge in [0.25, 0.3) is 0 Å². The zero-order valence-corrected chi connectivity index (χ0v) is 12.7. The maximum Gasteiger partial charge on any atom is 0.116 e. The molecule has 2 aromatic rings. The molecule has 0 radical (unpaired) electrons. The lowest BCUT2D eigenvalue weighted by molar-refractivity contribution is 0.271. The Morgan fingerprint density at radius 2 is 2.10 bits per heavy atom. The monoisotopic (exact) mass is 272 g/mol. The van der Waals surface area contributed by atoms with Crippen molar-refractivity contribution in [1.82, 2.24) is 19.9 Å². The van der Waals surface area contributed by atoms with Crippen LogP contribution in [0.2, 0.25) is 0 Å². The van der Waals surface area contributed by atoms with E-state index in [1.165, 1.54) is 24.2 Å². The molecule has 0 aromatic carbocycles. The standard InChI is InChI=1S/C16H24N4/c1-4-16(6-9-17-10-7-16)15-19-13-11-18-8-5-14(13)20(15)12(2)3/h5,8,11-12,17H,4,6-7,9-10H2,1-3H3. The molecule has 1 N–H and O–H groups in total. The summed E-state index contributed by atoms with van der Waals surface area (Å²) in [7, 11) is 0. The second kappa shape index (κ2) is 5.17. The van der Waals surface area contributed by atoms with E-state index < -0.39 is 0 Å². The lowest BCUT2D eigenvalue weighted by Crippen LogP contribution is -2.41. The van der Waals surface area contributed by atoms with Gasteiger partial charge in [-0.15, -0.1) is 0 Å². The zero-order valence-electron chi connectivity index (χ0n) is 12.7. The summed E-state index contributed by atoms with van der Waals surface area (Å²) in [6.45, 7) is 8.97. The normalized spacial score (nSPS) is 18.8. The van der Waals surface area contributed by atoms with Crippen LogP contribution in [0.5, 0.6) is 0 Å². The molecule has 1 aliphatic heterocycles. The molecule has 3 rings (SSSR count). The van der Waals surface area contributed by atoms with Crippen LogP contribution in [0.15, 0.2) is 18.5 Å². The molecule has 0 saturated carbocycles. The van der Waals surface area contributed by atoms with Crippen LogP contribution in [0, 0.1) is 0 Å². The number of hydrogen-bond acceptors (Lipinski definition) is 3. The van der Waals surface area contributed by atoms with Gasteiger partial charge in [-0.25, -0.2) is 4.98 Å². The van der Waals surface area contributed by atoms with Crippen molar-refractivity contribution in [1.29, 1.82) is 0 Å². The molecule has 108 valence electrons. The van der Waals surface area contributed by atoms with Gasteiger partial charge in [-0.3, -0.25) is 4.98 Å². The molecule has 0 spiro atoms. The molecule has 1 fully saturated rings. The van der Waals surface area contributed by atoms with Crippen molar-refractivity contribution in [3.63, 3.8) is 0 Å². The Morgan fingerprint density at radius 1 is 1.35 bits per heavy atom. The highest BCUT2D eigenvalue weighted by atomic mass is 15.1. The minimum atomic E-state index is 0.217. The summed E-state index contributed by atoms with van der Waals surface area (Å²) >= 11 is 0. The molecule has 0 amide bonds. The van der Waals surface area contributed by atoms with Crippen LogP contribution < -0.4 is 5.32 Å². The van der Waals surface area contributed by atoms with Crippen molar-refractivity contribution >= 4 is 11.0 Å². The predicted octanol–water partition coefficient (Wildman–Crippen LogP) is 3.04. The quantitative estimate of drug-likeness (QED) is 0.934. The number of fused-ring (bicyclic) bond motifs is 1. The summed E-state index contributed by atoms with van der Waals surface area (Å²) in [5.74, 6) is 1.26. The maximum absolute atomic E-state index is 4.97. The van der Waals surface area contributed by atoms with Crippen LogP contribution in [0.1, 0.15) is 51.9 Å². The van der Waals surface area contributed by atoms with E-state index in [1.54, 1.807) is 0 Å².